The Morgan fingerprint density at radius 2 is 1.86 bits per heavy atom. The van der Waals surface area contributed by atoms with Gasteiger partial charge in [0.15, 0.2) is 5.88 Å². The summed E-state index contributed by atoms with van der Waals surface area (Å²) in [7, 11) is 0. The third-order valence-electron chi connectivity index (χ3n) is 2.62. The quantitative estimate of drug-likeness (QED) is 0.683. The number of hydrogen-bond acceptors (Lipinski definition) is 3. The molecule has 0 spiro atoms. The summed E-state index contributed by atoms with van der Waals surface area (Å²) in [5.74, 6) is 1.26. The second-order valence-electron chi connectivity index (χ2n) is 3.65. The molecule has 1 aliphatic rings. The second kappa shape index (κ2) is 4.19. The SMILES string of the molecule is N#Cc1ccc(N2CCCCCC2)o1. The molecule has 0 bridgehead atoms. The molecule has 74 valence electrons. The van der Waals surface area contributed by atoms with E-state index in [2.05, 4.69) is 4.90 Å². The molecule has 3 heteroatoms. The van der Waals surface area contributed by atoms with Crippen LogP contribution in [-0.2, 0) is 0 Å². The van der Waals surface area contributed by atoms with Gasteiger partial charge in [-0.15, -0.1) is 0 Å². The third kappa shape index (κ3) is 1.90. The van der Waals surface area contributed by atoms with Crippen LogP contribution < -0.4 is 4.90 Å². The van der Waals surface area contributed by atoms with E-state index in [9.17, 15) is 0 Å². The fourth-order valence-electron chi connectivity index (χ4n) is 1.85. The van der Waals surface area contributed by atoms with Crippen LogP contribution in [0.2, 0.25) is 0 Å². The number of nitriles is 1. The largest absolute Gasteiger partial charge is 0.430 e. The van der Waals surface area contributed by atoms with Crippen LogP contribution in [0.1, 0.15) is 31.4 Å². The minimum atomic E-state index is 0.407. The van der Waals surface area contributed by atoms with Crippen molar-refractivity contribution in [2.24, 2.45) is 0 Å². The highest BCUT2D eigenvalue weighted by atomic mass is 16.4. The molecule has 1 aliphatic heterocycles. The number of furan rings is 1. The molecule has 1 fully saturated rings. The van der Waals surface area contributed by atoms with E-state index in [0.29, 0.717) is 5.76 Å². The zero-order chi connectivity index (χ0) is 9.80. The number of anilines is 1. The molecular formula is C11H14N2O. The van der Waals surface area contributed by atoms with Crippen LogP contribution in [0.3, 0.4) is 0 Å². The molecule has 2 rings (SSSR count). The Morgan fingerprint density at radius 3 is 2.43 bits per heavy atom. The molecule has 0 aliphatic carbocycles. The standard InChI is InChI=1S/C11H14N2O/c12-9-10-5-6-11(14-10)13-7-3-1-2-4-8-13/h5-6H,1-4,7-8H2. The lowest BCUT2D eigenvalue weighted by molar-refractivity contribution is 0.532. The van der Waals surface area contributed by atoms with Crippen LogP contribution in [0.15, 0.2) is 16.5 Å². The lowest BCUT2D eigenvalue weighted by Crippen LogP contribution is -2.23. The van der Waals surface area contributed by atoms with Crippen LogP contribution in [0.5, 0.6) is 0 Å². The van der Waals surface area contributed by atoms with Crippen molar-refractivity contribution in [3.63, 3.8) is 0 Å². The minimum absolute atomic E-state index is 0.407. The second-order valence-corrected chi connectivity index (χ2v) is 3.65. The highest BCUT2D eigenvalue weighted by Crippen LogP contribution is 2.21. The monoisotopic (exact) mass is 190 g/mol. The highest BCUT2D eigenvalue weighted by Gasteiger charge is 2.12. The maximum absolute atomic E-state index is 8.64. The maximum Gasteiger partial charge on any atom is 0.206 e. The molecule has 0 radical (unpaired) electrons. The van der Waals surface area contributed by atoms with E-state index in [0.717, 1.165) is 19.0 Å². The summed E-state index contributed by atoms with van der Waals surface area (Å²) in [6, 6.07) is 5.64. The van der Waals surface area contributed by atoms with E-state index in [-0.39, 0.29) is 0 Å². The van der Waals surface area contributed by atoms with Gasteiger partial charge in [-0.3, -0.25) is 0 Å². The molecule has 0 atom stereocenters. The summed E-state index contributed by atoms with van der Waals surface area (Å²) in [4.78, 5) is 2.23. The summed E-state index contributed by atoms with van der Waals surface area (Å²) in [6.07, 6.45) is 5.07. The van der Waals surface area contributed by atoms with E-state index in [1.54, 1.807) is 6.07 Å². The molecule has 0 aromatic carbocycles. The van der Waals surface area contributed by atoms with Gasteiger partial charge in [-0.2, -0.15) is 5.26 Å². The summed E-state index contributed by atoms with van der Waals surface area (Å²) < 4.78 is 5.39. The zero-order valence-corrected chi connectivity index (χ0v) is 8.20. The molecule has 1 aromatic heterocycles. The smallest absolute Gasteiger partial charge is 0.206 e. The first-order valence-corrected chi connectivity index (χ1v) is 5.15. The fourth-order valence-corrected chi connectivity index (χ4v) is 1.85. The van der Waals surface area contributed by atoms with E-state index < -0.39 is 0 Å². The summed E-state index contributed by atoms with van der Waals surface area (Å²) in [5.41, 5.74) is 0. The van der Waals surface area contributed by atoms with Gasteiger partial charge in [0.2, 0.25) is 5.76 Å². The van der Waals surface area contributed by atoms with Crippen molar-refractivity contribution >= 4 is 5.88 Å². The third-order valence-corrected chi connectivity index (χ3v) is 2.62. The molecule has 14 heavy (non-hydrogen) atoms. The van der Waals surface area contributed by atoms with Crippen molar-refractivity contribution in [3.05, 3.63) is 17.9 Å². The summed E-state index contributed by atoms with van der Waals surface area (Å²) >= 11 is 0. The minimum Gasteiger partial charge on any atom is -0.430 e. The van der Waals surface area contributed by atoms with Crippen LogP contribution >= 0.6 is 0 Å². The Kier molecular flexibility index (Phi) is 2.73. The van der Waals surface area contributed by atoms with Gasteiger partial charge in [-0.25, -0.2) is 0 Å². The molecule has 0 N–H and O–H groups in total. The van der Waals surface area contributed by atoms with Gasteiger partial charge in [0.25, 0.3) is 0 Å². The summed E-state index contributed by atoms with van der Waals surface area (Å²) in [6.45, 7) is 2.11. The Labute approximate surface area is 83.9 Å². The Morgan fingerprint density at radius 1 is 1.14 bits per heavy atom. The van der Waals surface area contributed by atoms with Gasteiger partial charge >= 0.3 is 0 Å². The molecule has 0 unspecified atom stereocenters. The van der Waals surface area contributed by atoms with Crippen LogP contribution in [0.4, 0.5) is 5.88 Å². The van der Waals surface area contributed by atoms with Gasteiger partial charge < -0.3 is 9.32 Å². The predicted molar refractivity (Wildman–Crippen MR) is 54.1 cm³/mol. The lowest BCUT2D eigenvalue weighted by atomic mass is 10.2. The number of rotatable bonds is 1. The Hall–Kier alpha value is -1.43. The van der Waals surface area contributed by atoms with E-state index >= 15 is 0 Å². The van der Waals surface area contributed by atoms with Gasteiger partial charge in [0.05, 0.1) is 0 Å². The summed E-state index contributed by atoms with van der Waals surface area (Å²) in [5, 5.41) is 8.64. The average molecular weight is 190 g/mol. The first-order valence-electron chi connectivity index (χ1n) is 5.15. The normalized spacial score (nSPS) is 17.5. The van der Waals surface area contributed by atoms with Crippen LogP contribution in [-0.4, -0.2) is 13.1 Å². The average Bonchev–Trinajstić information content (AvgIpc) is 2.53. The molecule has 0 saturated carbocycles. The molecule has 1 saturated heterocycles. The fraction of sp³-hybridized carbons (Fsp3) is 0.545. The van der Waals surface area contributed by atoms with Crippen LogP contribution in [0, 0.1) is 11.3 Å². The molecule has 2 heterocycles. The van der Waals surface area contributed by atoms with Gasteiger partial charge in [-0.05, 0) is 18.9 Å². The van der Waals surface area contributed by atoms with Crippen LogP contribution in [0.25, 0.3) is 0 Å². The van der Waals surface area contributed by atoms with Crippen molar-refractivity contribution in [2.45, 2.75) is 25.7 Å². The maximum atomic E-state index is 8.64. The van der Waals surface area contributed by atoms with E-state index in [4.69, 9.17) is 9.68 Å². The zero-order valence-electron chi connectivity index (χ0n) is 8.20. The van der Waals surface area contributed by atoms with Gasteiger partial charge in [-0.1, -0.05) is 12.8 Å². The number of hydrogen-bond donors (Lipinski definition) is 0. The molecule has 1 aromatic rings. The molecular weight excluding hydrogens is 176 g/mol. The van der Waals surface area contributed by atoms with E-state index in [1.165, 1.54) is 25.7 Å². The Balaban J connectivity index is 2.09. The first kappa shape index (κ1) is 9.14. The van der Waals surface area contributed by atoms with Crippen molar-refractivity contribution in [1.82, 2.24) is 0 Å². The topological polar surface area (TPSA) is 40.2 Å². The van der Waals surface area contributed by atoms with Crippen molar-refractivity contribution in [3.8, 4) is 6.07 Å². The predicted octanol–water partition coefficient (Wildman–Crippen LogP) is 2.53. The van der Waals surface area contributed by atoms with Gasteiger partial charge in [0.1, 0.15) is 6.07 Å². The number of nitrogens with zero attached hydrogens (tertiary/aromatic N) is 2. The van der Waals surface area contributed by atoms with Crippen molar-refractivity contribution in [1.29, 1.82) is 5.26 Å². The Bertz CT molecular complexity index is 329. The lowest BCUT2D eigenvalue weighted by Gasteiger charge is -2.18. The molecule has 3 nitrogen and oxygen atoms in total. The van der Waals surface area contributed by atoms with E-state index in [1.807, 2.05) is 12.1 Å². The highest BCUT2D eigenvalue weighted by molar-refractivity contribution is 5.39. The van der Waals surface area contributed by atoms with Crippen molar-refractivity contribution in [2.75, 3.05) is 18.0 Å². The van der Waals surface area contributed by atoms with Crippen molar-refractivity contribution < 1.29 is 4.42 Å². The first-order chi connectivity index (χ1) is 6.90. The molecule has 0 amide bonds. The van der Waals surface area contributed by atoms with Gasteiger partial charge in [0, 0.05) is 19.2 Å².